The highest BCUT2D eigenvalue weighted by atomic mass is 16.5. The molecule has 0 fully saturated rings. The molecular weight excluding hydrogens is 422 g/mol. The molecule has 0 aliphatic rings. The van der Waals surface area contributed by atoms with Gasteiger partial charge >= 0.3 is 6.09 Å². The predicted octanol–water partition coefficient (Wildman–Crippen LogP) is 3.34. The summed E-state index contributed by atoms with van der Waals surface area (Å²) in [5.41, 5.74) is 0.836. The molecule has 0 bridgehead atoms. The van der Waals surface area contributed by atoms with E-state index in [2.05, 4.69) is 16.0 Å². The molecular formula is C25H39N3O5. The summed E-state index contributed by atoms with van der Waals surface area (Å²) in [7, 11) is 0. The van der Waals surface area contributed by atoms with Crippen molar-refractivity contribution >= 4 is 24.2 Å². The summed E-state index contributed by atoms with van der Waals surface area (Å²) >= 11 is 0. The zero-order chi connectivity index (χ0) is 24.8. The SMILES string of the molecule is CCC[C@@H](C=O)NC(=O)[C@@H](CC(C)C)NC(=O)[C@@H](CC(C)C)NC(=O)OCc1ccccc1. The summed E-state index contributed by atoms with van der Waals surface area (Å²) in [5, 5.41) is 8.10. The van der Waals surface area contributed by atoms with E-state index >= 15 is 0 Å². The van der Waals surface area contributed by atoms with E-state index < -0.39 is 36.0 Å². The summed E-state index contributed by atoms with van der Waals surface area (Å²) in [6.45, 7) is 9.78. The lowest BCUT2D eigenvalue weighted by Crippen LogP contribution is -2.55. The maximum atomic E-state index is 13.0. The number of hydrogen-bond acceptors (Lipinski definition) is 5. The van der Waals surface area contributed by atoms with Crippen LogP contribution in [0.5, 0.6) is 0 Å². The smallest absolute Gasteiger partial charge is 0.408 e. The molecule has 0 heterocycles. The predicted molar refractivity (Wildman–Crippen MR) is 127 cm³/mol. The Balaban J connectivity index is 2.82. The standard InChI is InChI=1S/C25H39N3O5/c1-6-10-20(15-29)26-23(30)21(13-17(2)3)27-24(31)22(14-18(4)5)28-25(32)33-16-19-11-8-7-9-12-19/h7-9,11-12,15,17-18,20-22H,6,10,13-14,16H2,1-5H3,(H,26,30)(H,27,31)(H,28,32)/t20-,21+,22+/m0/s1. The molecule has 3 atom stereocenters. The third-order valence-electron chi connectivity index (χ3n) is 4.96. The Morgan fingerprint density at radius 3 is 1.94 bits per heavy atom. The van der Waals surface area contributed by atoms with Crippen LogP contribution in [0, 0.1) is 11.8 Å². The van der Waals surface area contributed by atoms with Crippen molar-refractivity contribution in [1.82, 2.24) is 16.0 Å². The largest absolute Gasteiger partial charge is 0.445 e. The molecule has 0 saturated heterocycles. The van der Waals surface area contributed by atoms with Crippen molar-refractivity contribution in [3.05, 3.63) is 35.9 Å². The monoisotopic (exact) mass is 461 g/mol. The average molecular weight is 462 g/mol. The Hall–Kier alpha value is -2.90. The van der Waals surface area contributed by atoms with Gasteiger partial charge in [-0.1, -0.05) is 71.4 Å². The number of carbonyl (C=O) groups is 4. The number of amides is 3. The molecule has 1 rings (SSSR count). The molecule has 0 unspecified atom stereocenters. The van der Waals surface area contributed by atoms with E-state index in [1.54, 1.807) is 0 Å². The molecule has 3 amide bonds. The lowest BCUT2D eigenvalue weighted by molar-refractivity contribution is -0.131. The highest BCUT2D eigenvalue weighted by molar-refractivity contribution is 5.92. The van der Waals surface area contributed by atoms with Crippen molar-refractivity contribution in [2.75, 3.05) is 0 Å². The van der Waals surface area contributed by atoms with E-state index in [-0.39, 0.29) is 18.4 Å². The first-order chi connectivity index (χ1) is 15.7. The van der Waals surface area contributed by atoms with E-state index in [1.165, 1.54) is 0 Å². The summed E-state index contributed by atoms with van der Waals surface area (Å²) in [6, 6.07) is 6.99. The number of aldehydes is 1. The van der Waals surface area contributed by atoms with Gasteiger partial charge in [-0.05, 0) is 36.7 Å². The maximum Gasteiger partial charge on any atom is 0.408 e. The van der Waals surface area contributed by atoms with Crippen LogP contribution in [0.3, 0.4) is 0 Å². The molecule has 0 aromatic heterocycles. The molecule has 3 N–H and O–H groups in total. The van der Waals surface area contributed by atoms with E-state index in [0.717, 1.165) is 12.0 Å². The minimum absolute atomic E-state index is 0.0889. The minimum atomic E-state index is -0.853. The van der Waals surface area contributed by atoms with Crippen molar-refractivity contribution in [1.29, 1.82) is 0 Å². The molecule has 1 aromatic carbocycles. The Morgan fingerprint density at radius 1 is 0.879 bits per heavy atom. The van der Waals surface area contributed by atoms with Crippen molar-refractivity contribution in [3.63, 3.8) is 0 Å². The second-order valence-corrected chi connectivity index (χ2v) is 9.12. The highest BCUT2D eigenvalue weighted by Gasteiger charge is 2.29. The van der Waals surface area contributed by atoms with Crippen LogP contribution < -0.4 is 16.0 Å². The Labute approximate surface area is 197 Å². The number of nitrogens with one attached hydrogen (secondary N) is 3. The van der Waals surface area contributed by atoms with Crippen LogP contribution in [0.1, 0.15) is 65.9 Å². The molecule has 184 valence electrons. The fourth-order valence-electron chi connectivity index (χ4n) is 3.35. The van der Waals surface area contributed by atoms with Gasteiger partial charge in [0, 0.05) is 0 Å². The number of carbonyl (C=O) groups excluding carboxylic acids is 4. The van der Waals surface area contributed by atoms with Crippen LogP contribution >= 0.6 is 0 Å². The van der Waals surface area contributed by atoms with Gasteiger partial charge in [0.2, 0.25) is 11.8 Å². The normalized spacial score (nSPS) is 13.7. The molecule has 0 saturated carbocycles. The van der Waals surface area contributed by atoms with Gasteiger partial charge in [0.1, 0.15) is 25.0 Å². The molecule has 0 radical (unpaired) electrons. The maximum absolute atomic E-state index is 13.0. The van der Waals surface area contributed by atoms with Crippen LogP contribution in [0.4, 0.5) is 4.79 Å². The average Bonchev–Trinajstić information content (AvgIpc) is 2.76. The Bertz CT molecular complexity index is 752. The molecule has 33 heavy (non-hydrogen) atoms. The minimum Gasteiger partial charge on any atom is -0.445 e. The lowest BCUT2D eigenvalue weighted by atomic mass is 10.00. The summed E-state index contributed by atoms with van der Waals surface area (Å²) in [6.07, 6.45) is 2.07. The van der Waals surface area contributed by atoms with Crippen molar-refractivity contribution in [2.24, 2.45) is 11.8 Å². The zero-order valence-electron chi connectivity index (χ0n) is 20.4. The first-order valence-corrected chi connectivity index (χ1v) is 11.7. The first-order valence-electron chi connectivity index (χ1n) is 11.7. The molecule has 0 aliphatic heterocycles. The van der Waals surface area contributed by atoms with Crippen molar-refractivity contribution in [3.8, 4) is 0 Å². The molecule has 8 nitrogen and oxygen atoms in total. The van der Waals surface area contributed by atoms with Crippen LogP contribution in [0.25, 0.3) is 0 Å². The van der Waals surface area contributed by atoms with Gasteiger partial charge in [-0.2, -0.15) is 0 Å². The second kappa shape index (κ2) is 15.0. The van der Waals surface area contributed by atoms with Crippen LogP contribution in [0.2, 0.25) is 0 Å². The van der Waals surface area contributed by atoms with Gasteiger partial charge < -0.3 is 25.5 Å². The van der Waals surface area contributed by atoms with Crippen molar-refractivity contribution < 1.29 is 23.9 Å². The second-order valence-electron chi connectivity index (χ2n) is 9.12. The van der Waals surface area contributed by atoms with E-state index in [9.17, 15) is 19.2 Å². The Morgan fingerprint density at radius 2 is 1.42 bits per heavy atom. The van der Waals surface area contributed by atoms with Crippen molar-refractivity contribution in [2.45, 2.75) is 85.0 Å². The third-order valence-corrected chi connectivity index (χ3v) is 4.96. The fourth-order valence-corrected chi connectivity index (χ4v) is 3.35. The van der Waals surface area contributed by atoms with Crippen LogP contribution in [-0.4, -0.2) is 42.3 Å². The lowest BCUT2D eigenvalue weighted by Gasteiger charge is -2.25. The zero-order valence-corrected chi connectivity index (χ0v) is 20.4. The van der Waals surface area contributed by atoms with Gasteiger partial charge in [0.25, 0.3) is 0 Å². The van der Waals surface area contributed by atoms with E-state index in [0.29, 0.717) is 25.5 Å². The highest BCUT2D eigenvalue weighted by Crippen LogP contribution is 2.10. The summed E-state index contributed by atoms with van der Waals surface area (Å²) < 4.78 is 5.25. The number of alkyl carbamates (subject to hydrolysis) is 1. The van der Waals surface area contributed by atoms with Crippen LogP contribution in [-0.2, 0) is 25.7 Å². The third kappa shape index (κ3) is 11.5. The van der Waals surface area contributed by atoms with E-state index in [4.69, 9.17) is 4.74 Å². The van der Waals surface area contributed by atoms with Gasteiger partial charge in [-0.15, -0.1) is 0 Å². The molecule has 1 aromatic rings. The first kappa shape index (κ1) is 28.1. The number of benzene rings is 1. The Kier molecular flexibility index (Phi) is 12.8. The van der Waals surface area contributed by atoms with Gasteiger partial charge in [0.05, 0.1) is 6.04 Å². The molecule has 0 aliphatic carbocycles. The summed E-state index contributed by atoms with van der Waals surface area (Å²) in [5.74, 6) is -0.609. The molecule has 0 spiro atoms. The van der Waals surface area contributed by atoms with Gasteiger partial charge in [-0.25, -0.2) is 4.79 Å². The van der Waals surface area contributed by atoms with Gasteiger partial charge in [-0.3, -0.25) is 9.59 Å². The number of ether oxygens (including phenoxy) is 1. The quantitative estimate of drug-likeness (QED) is 0.368. The number of rotatable bonds is 14. The fraction of sp³-hybridized carbons (Fsp3) is 0.600. The van der Waals surface area contributed by atoms with Crippen LogP contribution in [0.15, 0.2) is 30.3 Å². The number of hydrogen-bond donors (Lipinski definition) is 3. The summed E-state index contributed by atoms with van der Waals surface area (Å²) in [4.78, 5) is 49.4. The topological polar surface area (TPSA) is 114 Å². The van der Waals surface area contributed by atoms with E-state index in [1.807, 2.05) is 65.0 Å². The molecule has 8 heteroatoms. The van der Waals surface area contributed by atoms with Gasteiger partial charge in [0.15, 0.2) is 0 Å².